The fourth-order valence-electron chi connectivity index (χ4n) is 1.91. The van der Waals surface area contributed by atoms with E-state index in [2.05, 4.69) is 22.8 Å². The summed E-state index contributed by atoms with van der Waals surface area (Å²) in [7, 11) is 0. The molecule has 4 nitrogen and oxygen atoms in total. The zero-order chi connectivity index (χ0) is 17.2. The van der Waals surface area contributed by atoms with E-state index in [1.165, 1.54) is 0 Å². The SMILES string of the molecule is CCCOc1ccc(/C=N\NC(=S)NCc2ccccc2)cc1Cl. The molecule has 0 aliphatic carbocycles. The van der Waals surface area contributed by atoms with Gasteiger partial charge in [-0.05, 0) is 48.0 Å². The van der Waals surface area contributed by atoms with Crippen molar-refractivity contribution in [3.63, 3.8) is 0 Å². The lowest BCUT2D eigenvalue weighted by Gasteiger charge is -2.08. The normalized spacial score (nSPS) is 10.6. The van der Waals surface area contributed by atoms with Crippen molar-refractivity contribution in [2.24, 2.45) is 5.10 Å². The number of hydrogen-bond donors (Lipinski definition) is 2. The maximum atomic E-state index is 6.18. The Bertz CT molecular complexity index is 692. The van der Waals surface area contributed by atoms with Crippen molar-refractivity contribution in [3.8, 4) is 5.75 Å². The third-order valence-electron chi connectivity index (χ3n) is 3.09. The third kappa shape index (κ3) is 6.18. The monoisotopic (exact) mass is 361 g/mol. The summed E-state index contributed by atoms with van der Waals surface area (Å²) in [5.41, 5.74) is 4.80. The predicted molar refractivity (Wildman–Crippen MR) is 104 cm³/mol. The second kappa shape index (κ2) is 9.90. The number of ether oxygens (including phenoxy) is 1. The fraction of sp³-hybridized carbons (Fsp3) is 0.222. The van der Waals surface area contributed by atoms with Gasteiger partial charge in [0.2, 0.25) is 0 Å². The van der Waals surface area contributed by atoms with Gasteiger partial charge in [-0.2, -0.15) is 5.10 Å². The summed E-state index contributed by atoms with van der Waals surface area (Å²) in [6.45, 7) is 3.35. The highest BCUT2D eigenvalue weighted by Crippen LogP contribution is 2.24. The van der Waals surface area contributed by atoms with Gasteiger partial charge in [-0.3, -0.25) is 5.43 Å². The van der Waals surface area contributed by atoms with Crippen molar-refractivity contribution in [1.82, 2.24) is 10.7 Å². The molecule has 0 bridgehead atoms. The van der Waals surface area contributed by atoms with Crippen LogP contribution in [0.1, 0.15) is 24.5 Å². The molecular weight excluding hydrogens is 342 g/mol. The van der Waals surface area contributed by atoms with E-state index in [9.17, 15) is 0 Å². The Labute approximate surface area is 152 Å². The van der Waals surface area contributed by atoms with Crippen molar-refractivity contribution in [3.05, 3.63) is 64.7 Å². The Kier molecular flexibility index (Phi) is 7.52. The maximum Gasteiger partial charge on any atom is 0.187 e. The van der Waals surface area contributed by atoms with Gasteiger partial charge < -0.3 is 10.1 Å². The molecule has 0 atom stereocenters. The lowest BCUT2D eigenvalue weighted by atomic mass is 10.2. The minimum Gasteiger partial charge on any atom is -0.492 e. The molecule has 126 valence electrons. The molecule has 0 heterocycles. The van der Waals surface area contributed by atoms with E-state index in [-0.39, 0.29) is 0 Å². The molecule has 6 heteroatoms. The first kappa shape index (κ1) is 18.2. The molecule has 2 aromatic rings. The lowest BCUT2D eigenvalue weighted by molar-refractivity contribution is 0.317. The Morgan fingerprint density at radius 2 is 2.04 bits per heavy atom. The molecule has 24 heavy (non-hydrogen) atoms. The number of benzene rings is 2. The van der Waals surface area contributed by atoms with E-state index >= 15 is 0 Å². The number of hydrogen-bond acceptors (Lipinski definition) is 3. The van der Waals surface area contributed by atoms with Crippen LogP contribution < -0.4 is 15.5 Å². The van der Waals surface area contributed by atoms with E-state index in [1.807, 2.05) is 42.5 Å². The second-order valence-corrected chi connectivity index (χ2v) is 5.89. The summed E-state index contributed by atoms with van der Waals surface area (Å²) in [4.78, 5) is 0. The first-order chi connectivity index (χ1) is 11.7. The van der Waals surface area contributed by atoms with E-state index in [0.717, 1.165) is 17.5 Å². The summed E-state index contributed by atoms with van der Waals surface area (Å²) in [6.07, 6.45) is 2.60. The van der Waals surface area contributed by atoms with Gasteiger partial charge in [-0.1, -0.05) is 48.9 Å². The van der Waals surface area contributed by atoms with Crippen LogP contribution in [0.25, 0.3) is 0 Å². The van der Waals surface area contributed by atoms with Gasteiger partial charge in [0.15, 0.2) is 5.11 Å². The van der Waals surface area contributed by atoms with Crippen molar-refractivity contribution in [2.75, 3.05) is 6.61 Å². The Hall–Kier alpha value is -2.11. The molecule has 2 aromatic carbocycles. The van der Waals surface area contributed by atoms with Crippen molar-refractivity contribution >= 4 is 35.1 Å². The summed E-state index contributed by atoms with van der Waals surface area (Å²) in [6, 6.07) is 15.6. The van der Waals surface area contributed by atoms with Crippen LogP contribution in [0.3, 0.4) is 0 Å². The summed E-state index contributed by atoms with van der Waals surface area (Å²) in [5.74, 6) is 0.684. The number of halogens is 1. The second-order valence-electron chi connectivity index (χ2n) is 5.08. The van der Waals surface area contributed by atoms with E-state index < -0.39 is 0 Å². The van der Waals surface area contributed by atoms with Gasteiger partial charge in [-0.25, -0.2) is 0 Å². The number of thiocarbonyl (C=S) groups is 1. The minimum atomic E-state index is 0.462. The fourth-order valence-corrected chi connectivity index (χ4v) is 2.28. The van der Waals surface area contributed by atoms with E-state index in [4.69, 9.17) is 28.6 Å². The largest absolute Gasteiger partial charge is 0.492 e. The molecule has 2 N–H and O–H groups in total. The third-order valence-corrected chi connectivity index (χ3v) is 3.62. The van der Waals surface area contributed by atoms with Crippen LogP contribution in [-0.2, 0) is 6.54 Å². The van der Waals surface area contributed by atoms with E-state index in [0.29, 0.717) is 29.0 Å². The summed E-state index contributed by atoms with van der Waals surface area (Å²) < 4.78 is 5.53. The zero-order valence-electron chi connectivity index (χ0n) is 13.5. The van der Waals surface area contributed by atoms with Crippen LogP contribution in [0.2, 0.25) is 5.02 Å². The molecule has 0 unspecified atom stereocenters. The molecule has 0 radical (unpaired) electrons. The zero-order valence-corrected chi connectivity index (χ0v) is 15.0. The number of rotatable bonds is 7. The summed E-state index contributed by atoms with van der Waals surface area (Å²) >= 11 is 11.4. The lowest BCUT2D eigenvalue weighted by Crippen LogP contribution is -2.31. The van der Waals surface area contributed by atoms with Crippen LogP contribution in [0.15, 0.2) is 53.6 Å². The Balaban J connectivity index is 1.80. The number of nitrogens with zero attached hydrogens (tertiary/aromatic N) is 1. The smallest absolute Gasteiger partial charge is 0.187 e. The maximum absolute atomic E-state index is 6.18. The van der Waals surface area contributed by atoms with Gasteiger partial charge in [0, 0.05) is 6.54 Å². The van der Waals surface area contributed by atoms with E-state index in [1.54, 1.807) is 12.3 Å². The quantitative estimate of drug-likeness (QED) is 0.442. The van der Waals surface area contributed by atoms with Crippen LogP contribution >= 0.6 is 23.8 Å². The molecule has 0 aromatic heterocycles. The van der Waals surface area contributed by atoms with Crippen molar-refractivity contribution in [2.45, 2.75) is 19.9 Å². The van der Waals surface area contributed by atoms with Crippen LogP contribution in [0, 0.1) is 0 Å². The predicted octanol–water partition coefficient (Wildman–Crippen LogP) is 4.13. The highest BCUT2D eigenvalue weighted by molar-refractivity contribution is 7.80. The van der Waals surface area contributed by atoms with Crippen molar-refractivity contribution in [1.29, 1.82) is 0 Å². The van der Waals surface area contributed by atoms with Gasteiger partial charge in [0.1, 0.15) is 5.75 Å². The molecule has 0 saturated heterocycles. The highest BCUT2D eigenvalue weighted by atomic mass is 35.5. The molecule has 0 aliphatic rings. The van der Waals surface area contributed by atoms with Gasteiger partial charge in [-0.15, -0.1) is 0 Å². The molecule has 2 rings (SSSR count). The van der Waals surface area contributed by atoms with Crippen molar-refractivity contribution < 1.29 is 4.74 Å². The van der Waals surface area contributed by atoms with Gasteiger partial charge >= 0.3 is 0 Å². The molecular formula is C18H20ClN3OS. The average molecular weight is 362 g/mol. The highest BCUT2D eigenvalue weighted by Gasteiger charge is 2.01. The first-order valence-electron chi connectivity index (χ1n) is 7.72. The average Bonchev–Trinajstić information content (AvgIpc) is 2.60. The molecule has 0 amide bonds. The van der Waals surface area contributed by atoms with Gasteiger partial charge in [0.25, 0.3) is 0 Å². The van der Waals surface area contributed by atoms with Crippen LogP contribution in [-0.4, -0.2) is 17.9 Å². The Morgan fingerprint density at radius 1 is 1.25 bits per heavy atom. The molecule has 0 fully saturated rings. The number of nitrogens with one attached hydrogen (secondary N) is 2. The Morgan fingerprint density at radius 3 is 2.75 bits per heavy atom. The topological polar surface area (TPSA) is 45.6 Å². The standard InChI is InChI=1S/C18H20ClN3OS/c1-2-10-23-17-9-8-15(11-16(17)19)13-21-22-18(24)20-12-14-6-4-3-5-7-14/h3-9,11,13H,2,10,12H2,1H3,(H2,20,22,24)/b21-13-. The minimum absolute atomic E-state index is 0.462. The van der Waals surface area contributed by atoms with Crippen LogP contribution in [0.5, 0.6) is 5.75 Å². The first-order valence-corrected chi connectivity index (χ1v) is 8.51. The van der Waals surface area contributed by atoms with Gasteiger partial charge in [0.05, 0.1) is 17.8 Å². The van der Waals surface area contributed by atoms with Crippen LogP contribution in [0.4, 0.5) is 0 Å². The summed E-state index contributed by atoms with van der Waals surface area (Å²) in [5, 5.41) is 8.23. The molecule has 0 aliphatic heterocycles. The molecule has 0 saturated carbocycles. The number of hydrazone groups is 1. The molecule has 0 spiro atoms.